The Balaban J connectivity index is 1.68. The Morgan fingerprint density at radius 1 is 1.10 bits per heavy atom. The zero-order valence-corrected chi connectivity index (χ0v) is 20.1. The highest BCUT2D eigenvalue weighted by Crippen LogP contribution is 2.50. The molecule has 0 saturated heterocycles. The van der Waals surface area contributed by atoms with E-state index in [4.69, 9.17) is 0 Å². The van der Waals surface area contributed by atoms with Crippen LogP contribution in [0.3, 0.4) is 0 Å². The lowest BCUT2D eigenvalue weighted by Gasteiger charge is -2.26. The van der Waals surface area contributed by atoms with E-state index in [2.05, 4.69) is 30.4 Å². The summed E-state index contributed by atoms with van der Waals surface area (Å²) >= 11 is 0. The number of nitrogens with zero attached hydrogens (tertiary/aromatic N) is 6. The van der Waals surface area contributed by atoms with Crippen molar-refractivity contribution in [1.82, 2.24) is 29.7 Å². The molecule has 1 unspecified atom stereocenters. The van der Waals surface area contributed by atoms with Gasteiger partial charge in [-0.3, -0.25) is 9.78 Å². The Hall–Kier alpha value is -4.44. The van der Waals surface area contributed by atoms with Gasteiger partial charge in [0.05, 0.1) is 30.1 Å². The summed E-state index contributed by atoms with van der Waals surface area (Å²) in [4.78, 5) is 28.3. The fraction of sp³-hybridized carbons (Fsp3) is 0.304. The molecule has 0 fully saturated rings. The van der Waals surface area contributed by atoms with E-state index in [0.717, 1.165) is 23.0 Å². The molecule has 4 aromatic rings. The summed E-state index contributed by atoms with van der Waals surface area (Å²) in [6, 6.07) is 2.07. The number of anilines is 2. The average Bonchev–Trinajstić information content (AvgIpc) is 3.34. The number of hydrogen-bond donors (Lipinski definition) is 2. The molecule has 210 valence electrons. The number of carbonyl (C=O) groups excluding carboxylic acids is 1. The van der Waals surface area contributed by atoms with Crippen LogP contribution in [0.15, 0.2) is 30.7 Å². The van der Waals surface area contributed by atoms with Crippen LogP contribution in [0.5, 0.6) is 0 Å². The molecule has 40 heavy (non-hydrogen) atoms. The number of amides is 1. The first kappa shape index (κ1) is 27.1. The number of hydrogen-bond acceptors (Lipinski definition) is 7. The molecular weight excluding hydrogens is 556 g/mol. The number of fused-ring (bicyclic) bond motifs is 2. The second-order valence-corrected chi connectivity index (χ2v) is 8.99. The SMILES string of the molecule is CC1(C(F)(F)F)C(=O)Nc2nc(-c3nn(Cc4cnccc4F)c4ncc(F)cc34)nc(NCCC(F)(F)F)c21. The van der Waals surface area contributed by atoms with Crippen LogP contribution in [0.1, 0.15) is 24.5 Å². The number of halogens is 8. The molecule has 0 aliphatic carbocycles. The predicted octanol–water partition coefficient (Wildman–Crippen LogP) is 4.75. The van der Waals surface area contributed by atoms with Crippen molar-refractivity contribution in [2.45, 2.75) is 37.7 Å². The van der Waals surface area contributed by atoms with Crippen molar-refractivity contribution in [2.75, 3.05) is 17.2 Å². The number of carbonyl (C=O) groups is 1. The van der Waals surface area contributed by atoms with E-state index in [-0.39, 0.29) is 28.8 Å². The normalized spacial score (nSPS) is 17.3. The van der Waals surface area contributed by atoms with Crippen LogP contribution in [0.25, 0.3) is 22.6 Å². The van der Waals surface area contributed by atoms with Gasteiger partial charge in [-0.25, -0.2) is 28.4 Å². The third-order valence-corrected chi connectivity index (χ3v) is 6.29. The van der Waals surface area contributed by atoms with E-state index in [1.54, 1.807) is 0 Å². The van der Waals surface area contributed by atoms with Crippen molar-refractivity contribution >= 4 is 28.6 Å². The van der Waals surface area contributed by atoms with Crippen LogP contribution in [-0.4, -0.2) is 54.5 Å². The van der Waals surface area contributed by atoms with Crippen LogP contribution in [0, 0.1) is 11.6 Å². The number of pyridine rings is 2. The molecule has 17 heteroatoms. The lowest BCUT2D eigenvalue weighted by atomic mass is 9.83. The molecule has 0 radical (unpaired) electrons. The highest BCUT2D eigenvalue weighted by Gasteiger charge is 2.63. The van der Waals surface area contributed by atoms with E-state index in [1.165, 1.54) is 12.4 Å². The molecule has 0 spiro atoms. The molecule has 4 aromatic heterocycles. The lowest BCUT2D eigenvalue weighted by molar-refractivity contribution is -0.186. The molecule has 0 bridgehead atoms. The zero-order valence-electron chi connectivity index (χ0n) is 20.1. The first-order valence-electron chi connectivity index (χ1n) is 11.4. The van der Waals surface area contributed by atoms with Gasteiger partial charge in [-0.1, -0.05) is 0 Å². The molecule has 1 atom stereocenters. The molecule has 5 heterocycles. The molecule has 5 rings (SSSR count). The maximum absolute atomic E-state index is 14.3. The maximum Gasteiger partial charge on any atom is 0.407 e. The summed E-state index contributed by atoms with van der Waals surface area (Å²) in [6.07, 6.45) is -7.95. The predicted molar refractivity (Wildman–Crippen MR) is 123 cm³/mol. The molecule has 1 amide bonds. The van der Waals surface area contributed by atoms with E-state index in [9.17, 15) is 39.9 Å². The van der Waals surface area contributed by atoms with Crippen LogP contribution >= 0.6 is 0 Å². The largest absolute Gasteiger partial charge is 0.407 e. The van der Waals surface area contributed by atoms with Gasteiger partial charge < -0.3 is 10.6 Å². The van der Waals surface area contributed by atoms with Gasteiger partial charge in [-0.2, -0.15) is 31.4 Å². The molecule has 2 N–H and O–H groups in total. The van der Waals surface area contributed by atoms with Gasteiger partial charge in [-0.15, -0.1) is 0 Å². The molecule has 1 aliphatic rings. The topological polar surface area (TPSA) is 111 Å². The van der Waals surface area contributed by atoms with Crippen LogP contribution in [0.4, 0.5) is 46.8 Å². The van der Waals surface area contributed by atoms with Gasteiger partial charge in [0, 0.05) is 24.5 Å². The highest BCUT2D eigenvalue weighted by atomic mass is 19.4. The number of alkyl halides is 6. The van der Waals surface area contributed by atoms with Gasteiger partial charge in [0.1, 0.15) is 29.0 Å². The minimum atomic E-state index is -5.16. The standard InChI is InChI=1S/C23H16F8N8O/c1-21(23(29,30)31)14-16(33-5-3-22(26,27)28)35-18(36-17(14)37-20(21)40)15-12-6-11(24)8-34-19(12)39(38-15)9-10-7-32-4-2-13(10)25/h2,4,6-8H,3,5,9H2,1H3,(H2,33,35,36,37,40). The van der Waals surface area contributed by atoms with Crippen molar-refractivity contribution in [2.24, 2.45) is 0 Å². The average molecular weight is 572 g/mol. The number of nitrogens with one attached hydrogen (secondary N) is 2. The monoisotopic (exact) mass is 572 g/mol. The Morgan fingerprint density at radius 3 is 2.52 bits per heavy atom. The summed E-state index contributed by atoms with van der Waals surface area (Å²) < 4.78 is 110. The van der Waals surface area contributed by atoms with Gasteiger partial charge in [0.2, 0.25) is 5.91 Å². The van der Waals surface area contributed by atoms with Crippen LogP contribution < -0.4 is 10.6 Å². The van der Waals surface area contributed by atoms with Crippen molar-refractivity contribution < 1.29 is 39.9 Å². The van der Waals surface area contributed by atoms with E-state index < -0.39 is 71.3 Å². The Labute approximate surface area is 218 Å². The zero-order chi connectivity index (χ0) is 29.0. The molecule has 0 aromatic carbocycles. The molecule has 0 saturated carbocycles. The van der Waals surface area contributed by atoms with Crippen LogP contribution in [0.2, 0.25) is 0 Å². The Morgan fingerprint density at radius 2 is 1.85 bits per heavy atom. The fourth-order valence-corrected chi connectivity index (χ4v) is 4.20. The number of aromatic nitrogens is 6. The van der Waals surface area contributed by atoms with Gasteiger partial charge in [0.25, 0.3) is 0 Å². The van der Waals surface area contributed by atoms with Crippen molar-refractivity contribution in [3.8, 4) is 11.5 Å². The van der Waals surface area contributed by atoms with Crippen molar-refractivity contribution in [3.63, 3.8) is 0 Å². The summed E-state index contributed by atoms with van der Waals surface area (Å²) in [7, 11) is 0. The molecule has 9 nitrogen and oxygen atoms in total. The summed E-state index contributed by atoms with van der Waals surface area (Å²) in [5.74, 6) is -4.76. The summed E-state index contributed by atoms with van der Waals surface area (Å²) in [6.45, 7) is -0.572. The lowest BCUT2D eigenvalue weighted by Crippen LogP contribution is -2.45. The third-order valence-electron chi connectivity index (χ3n) is 6.29. The molecular formula is C23H16F8N8O. The summed E-state index contributed by atoms with van der Waals surface area (Å²) in [5, 5.41) is 8.46. The first-order chi connectivity index (χ1) is 18.7. The minimum absolute atomic E-state index is 0.0134. The smallest absolute Gasteiger partial charge is 0.369 e. The Kier molecular flexibility index (Phi) is 6.34. The van der Waals surface area contributed by atoms with Crippen molar-refractivity contribution in [1.29, 1.82) is 0 Å². The van der Waals surface area contributed by atoms with Gasteiger partial charge >= 0.3 is 12.4 Å². The molecule has 1 aliphatic heterocycles. The Bertz CT molecular complexity index is 1630. The second-order valence-electron chi connectivity index (χ2n) is 8.99. The number of rotatable bonds is 6. The quantitative estimate of drug-likeness (QED) is 0.321. The van der Waals surface area contributed by atoms with E-state index in [1.807, 2.05) is 5.32 Å². The third kappa shape index (κ3) is 4.64. The highest BCUT2D eigenvalue weighted by molar-refractivity contribution is 6.07. The van der Waals surface area contributed by atoms with Crippen LogP contribution in [-0.2, 0) is 16.8 Å². The van der Waals surface area contributed by atoms with E-state index in [0.29, 0.717) is 6.92 Å². The first-order valence-corrected chi connectivity index (χ1v) is 11.4. The van der Waals surface area contributed by atoms with E-state index >= 15 is 0 Å². The maximum atomic E-state index is 14.3. The van der Waals surface area contributed by atoms with Crippen molar-refractivity contribution in [3.05, 3.63) is 53.5 Å². The van der Waals surface area contributed by atoms with Gasteiger partial charge in [0.15, 0.2) is 16.9 Å². The minimum Gasteiger partial charge on any atom is -0.369 e. The second kappa shape index (κ2) is 9.34. The fourth-order valence-electron chi connectivity index (χ4n) is 4.20. The van der Waals surface area contributed by atoms with Gasteiger partial charge in [-0.05, 0) is 19.1 Å². The summed E-state index contributed by atoms with van der Waals surface area (Å²) in [5.41, 5.74) is -4.14.